The third-order valence-corrected chi connectivity index (χ3v) is 4.82. The fourth-order valence-corrected chi connectivity index (χ4v) is 3.22. The lowest BCUT2D eigenvalue weighted by Crippen LogP contribution is -2.35. The highest BCUT2D eigenvalue weighted by Crippen LogP contribution is 2.43. The maximum Gasteiger partial charge on any atom is 0.410 e. The van der Waals surface area contributed by atoms with Crippen LogP contribution in [0.2, 0.25) is 0 Å². The largest absolute Gasteiger partial charge is 0.410 e. The Labute approximate surface area is 162 Å². The standard InChI is InChI=1S/C17H18BrF3N4O2/c1-27-7-6-22-16(26)13-9-15-23-12(10-2-4-11(18)5-3-10)8-14(17(19,20)21)25(15)24-13/h2-5,9,12,14,23H,6-8H2,1H3,(H,22,26)/t12-,14-/m0/s1. The smallest absolute Gasteiger partial charge is 0.383 e. The van der Waals surface area contributed by atoms with Crippen LogP contribution in [0.25, 0.3) is 0 Å². The number of nitrogens with one attached hydrogen (secondary N) is 2. The maximum atomic E-state index is 13.6. The van der Waals surface area contributed by atoms with Crippen LogP contribution in [0.4, 0.5) is 19.0 Å². The molecule has 10 heteroatoms. The molecule has 0 spiro atoms. The lowest BCUT2D eigenvalue weighted by molar-refractivity contribution is -0.173. The number of halogens is 4. The van der Waals surface area contributed by atoms with Crippen LogP contribution < -0.4 is 10.6 Å². The van der Waals surface area contributed by atoms with Crippen LogP contribution in [-0.4, -0.2) is 42.1 Å². The van der Waals surface area contributed by atoms with Gasteiger partial charge in [0.15, 0.2) is 11.7 Å². The molecule has 0 aliphatic carbocycles. The van der Waals surface area contributed by atoms with Crippen molar-refractivity contribution in [1.29, 1.82) is 0 Å². The molecular formula is C17H18BrF3N4O2. The number of benzene rings is 1. The molecule has 1 amide bonds. The minimum absolute atomic E-state index is 0.0701. The molecule has 0 saturated carbocycles. The number of fused-ring (bicyclic) bond motifs is 1. The second-order valence-electron chi connectivity index (χ2n) is 6.15. The summed E-state index contributed by atoms with van der Waals surface area (Å²) in [6.07, 6.45) is -4.70. The topological polar surface area (TPSA) is 68.2 Å². The van der Waals surface area contributed by atoms with Gasteiger partial charge in [-0.15, -0.1) is 0 Å². The Morgan fingerprint density at radius 3 is 2.74 bits per heavy atom. The first kappa shape index (κ1) is 19.7. The Morgan fingerprint density at radius 2 is 2.11 bits per heavy atom. The Morgan fingerprint density at radius 1 is 1.41 bits per heavy atom. The number of alkyl halides is 3. The average molecular weight is 447 g/mol. The van der Waals surface area contributed by atoms with Gasteiger partial charge in [0, 0.05) is 30.6 Å². The first-order valence-electron chi connectivity index (χ1n) is 8.25. The SMILES string of the molecule is COCCNC(=O)c1cc2n(n1)[C@H](C(F)(F)F)C[C@@H](c1ccc(Br)cc1)N2. The van der Waals surface area contributed by atoms with E-state index in [2.05, 4.69) is 31.7 Å². The number of carbonyl (C=O) groups excluding carboxylic acids is 1. The Bertz CT molecular complexity index is 808. The summed E-state index contributed by atoms with van der Waals surface area (Å²) in [5.74, 6) is -0.384. The summed E-state index contributed by atoms with van der Waals surface area (Å²) in [6, 6.07) is 6.06. The Balaban J connectivity index is 1.88. The second-order valence-corrected chi connectivity index (χ2v) is 7.07. The number of amides is 1. The molecule has 0 bridgehead atoms. The summed E-state index contributed by atoms with van der Waals surface area (Å²) >= 11 is 3.32. The Kier molecular flexibility index (Phi) is 5.75. The molecule has 2 N–H and O–H groups in total. The Hall–Kier alpha value is -2.07. The quantitative estimate of drug-likeness (QED) is 0.687. The fraction of sp³-hybridized carbons (Fsp3) is 0.412. The van der Waals surface area contributed by atoms with Gasteiger partial charge in [-0.3, -0.25) is 4.79 Å². The molecule has 1 aromatic carbocycles. The zero-order chi connectivity index (χ0) is 19.6. The van der Waals surface area contributed by atoms with Gasteiger partial charge in [-0.1, -0.05) is 28.1 Å². The number of hydrogen-bond donors (Lipinski definition) is 2. The molecule has 2 heterocycles. The van der Waals surface area contributed by atoms with Crippen molar-refractivity contribution in [3.63, 3.8) is 0 Å². The van der Waals surface area contributed by atoms with Gasteiger partial charge in [0.25, 0.3) is 5.91 Å². The number of nitrogens with zero attached hydrogens (tertiary/aromatic N) is 2. The first-order chi connectivity index (χ1) is 12.8. The van der Waals surface area contributed by atoms with Gasteiger partial charge in [0.1, 0.15) is 5.82 Å². The van der Waals surface area contributed by atoms with Crippen LogP contribution >= 0.6 is 15.9 Å². The highest BCUT2D eigenvalue weighted by molar-refractivity contribution is 9.10. The zero-order valence-electron chi connectivity index (χ0n) is 14.4. The molecule has 1 aliphatic rings. The average Bonchev–Trinajstić information content (AvgIpc) is 3.05. The van der Waals surface area contributed by atoms with E-state index >= 15 is 0 Å². The summed E-state index contributed by atoms with van der Waals surface area (Å²) in [6.45, 7) is 0.545. The molecule has 0 unspecified atom stereocenters. The van der Waals surface area contributed by atoms with E-state index in [4.69, 9.17) is 4.74 Å². The highest BCUT2D eigenvalue weighted by atomic mass is 79.9. The predicted octanol–water partition coefficient (Wildman–Crippen LogP) is 3.68. The molecule has 0 fully saturated rings. The number of rotatable bonds is 5. The van der Waals surface area contributed by atoms with Crippen molar-refractivity contribution in [2.24, 2.45) is 0 Å². The fourth-order valence-electron chi connectivity index (χ4n) is 2.96. The second kappa shape index (κ2) is 7.89. The van der Waals surface area contributed by atoms with E-state index in [0.29, 0.717) is 6.61 Å². The molecule has 3 rings (SSSR count). The zero-order valence-corrected chi connectivity index (χ0v) is 16.0. The molecule has 1 aliphatic heterocycles. The van der Waals surface area contributed by atoms with Gasteiger partial charge in [0.05, 0.1) is 12.6 Å². The number of methoxy groups -OCH3 is 1. The van der Waals surface area contributed by atoms with E-state index in [9.17, 15) is 18.0 Å². The highest BCUT2D eigenvalue weighted by Gasteiger charge is 2.46. The molecule has 6 nitrogen and oxygen atoms in total. The minimum Gasteiger partial charge on any atom is -0.383 e. The first-order valence-corrected chi connectivity index (χ1v) is 9.04. The van der Waals surface area contributed by atoms with Crippen LogP contribution in [0.15, 0.2) is 34.8 Å². The van der Waals surface area contributed by atoms with Gasteiger partial charge in [0.2, 0.25) is 0 Å². The molecular weight excluding hydrogens is 429 g/mol. The van der Waals surface area contributed by atoms with Crippen molar-refractivity contribution >= 4 is 27.7 Å². The normalized spacial score (nSPS) is 19.3. The molecule has 146 valence electrons. The summed E-state index contributed by atoms with van der Waals surface area (Å²) in [4.78, 5) is 12.1. The van der Waals surface area contributed by atoms with E-state index in [1.54, 1.807) is 24.3 Å². The monoisotopic (exact) mass is 446 g/mol. The van der Waals surface area contributed by atoms with Crippen molar-refractivity contribution in [2.45, 2.75) is 24.7 Å². The van der Waals surface area contributed by atoms with Gasteiger partial charge in [-0.05, 0) is 17.7 Å². The molecule has 2 atom stereocenters. The number of carbonyl (C=O) groups is 1. The van der Waals surface area contributed by atoms with Crippen molar-refractivity contribution in [2.75, 3.05) is 25.6 Å². The van der Waals surface area contributed by atoms with Crippen LogP contribution in [0.5, 0.6) is 0 Å². The number of ether oxygens (including phenoxy) is 1. The lowest BCUT2D eigenvalue weighted by atomic mass is 9.97. The predicted molar refractivity (Wildman–Crippen MR) is 96.7 cm³/mol. The number of hydrogen-bond acceptors (Lipinski definition) is 4. The van der Waals surface area contributed by atoms with Crippen molar-refractivity contribution in [3.8, 4) is 0 Å². The molecule has 1 aromatic heterocycles. The lowest BCUT2D eigenvalue weighted by Gasteiger charge is -2.33. The molecule has 0 saturated heterocycles. The summed E-state index contributed by atoms with van der Waals surface area (Å²) in [5.41, 5.74) is 0.658. The summed E-state index contributed by atoms with van der Waals surface area (Å²) in [7, 11) is 1.49. The van der Waals surface area contributed by atoms with Gasteiger partial charge < -0.3 is 15.4 Å². The van der Waals surface area contributed by atoms with E-state index in [1.165, 1.54) is 13.2 Å². The molecule has 0 radical (unpaired) electrons. The van der Waals surface area contributed by atoms with Crippen LogP contribution in [0.1, 0.15) is 34.6 Å². The maximum absolute atomic E-state index is 13.6. The van der Waals surface area contributed by atoms with Crippen LogP contribution in [0, 0.1) is 0 Å². The van der Waals surface area contributed by atoms with Gasteiger partial charge >= 0.3 is 6.18 Å². The molecule has 2 aromatic rings. The van der Waals surface area contributed by atoms with Crippen molar-refractivity contribution < 1.29 is 22.7 Å². The van der Waals surface area contributed by atoms with Gasteiger partial charge in [-0.25, -0.2) is 4.68 Å². The third-order valence-electron chi connectivity index (χ3n) is 4.29. The summed E-state index contributed by atoms with van der Waals surface area (Å²) < 4.78 is 47.4. The van der Waals surface area contributed by atoms with Crippen molar-refractivity contribution in [3.05, 3.63) is 46.1 Å². The number of anilines is 1. The van der Waals surface area contributed by atoms with E-state index in [-0.39, 0.29) is 24.5 Å². The van der Waals surface area contributed by atoms with Crippen LogP contribution in [-0.2, 0) is 4.74 Å². The van der Waals surface area contributed by atoms with Crippen molar-refractivity contribution in [1.82, 2.24) is 15.1 Å². The third kappa shape index (κ3) is 4.44. The van der Waals surface area contributed by atoms with E-state index < -0.39 is 24.2 Å². The van der Waals surface area contributed by atoms with E-state index in [0.717, 1.165) is 14.7 Å². The summed E-state index contributed by atoms with van der Waals surface area (Å²) in [5, 5.41) is 9.51. The number of aromatic nitrogens is 2. The minimum atomic E-state index is -4.49. The van der Waals surface area contributed by atoms with E-state index in [1.807, 2.05) is 0 Å². The van der Waals surface area contributed by atoms with Crippen LogP contribution in [0.3, 0.4) is 0 Å². The van der Waals surface area contributed by atoms with Gasteiger partial charge in [-0.2, -0.15) is 18.3 Å². The molecule has 27 heavy (non-hydrogen) atoms.